The van der Waals surface area contributed by atoms with Crippen LogP contribution in [0.25, 0.3) is 0 Å². The zero-order valence-corrected chi connectivity index (χ0v) is 17.7. The minimum absolute atomic E-state index is 0.184. The molecule has 0 fully saturated rings. The molecule has 0 saturated heterocycles. The van der Waals surface area contributed by atoms with Crippen molar-refractivity contribution in [1.29, 1.82) is 0 Å². The highest BCUT2D eigenvalue weighted by Crippen LogP contribution is 2.33. The number of thiazole rings is 1. The molecule has 1 aliphatic carbocycles. The van der Waals surface area contributed by atoms with Gasteiger partial charge in [-0.15, -0.1) is 11.3 Å². The number of carbonyl (C=O) groups excluding carboxylic acids is 1. The van der Waals surface area contributed by atoms with Gasteiger partial charge < -0.3 is 4.57 Å². The van der Waals surface area contributed by atoms with Crippen molar-refractivity contribution in [1.82, 2.24) is 9.55 Å². The van der Waals surface area contributed by atoms with Crippen LogP contribution in [0.5, 0.6) is 0 Å². The minimum atomic E-state index is -0.268. The van der Waals surface area contributed by atoms with Crippen LogP contribution < -0.4 is 10.9 Å². The van der Waals surface area contributed by atoms with Crippen molar-refractivity contribution >= 4 is 34.0 Å². The van der Waals surface area contributed by atoms with Crippen molar-refractivity contribution in [3.05, 3.63) is 79.7 Å². The summed E-state index contributed by atoms with van der Waals surface area (Å²) in [6, 6.07) is 10.3. The van der Waals surface area contributed by atoms with E-state index < -0.39 is 0 Å². The Morgan fingerprint density at radius 1 is 1.31 bits per heavy atom. The second-order valence-corrected chi connectivity index (χ2v) is 8.83. The number of carbonyl (C=O) groups is 1. The number of amides is 1. The first-order valence-corrected chi connectivity index (χ1v) is 11.0. The van der Waals surface area contributed by atoms with Crippen LogP contribution in [0.2, 0.25) is 5.02 Å². The fourth-order valence-electron chi connectivity index (χ4n) is 3.61. The molecule has 0 bridgehead atoms. The summed E-state index contributed by atoms with van der Waals surface area (Å²) in [6.07, 6.45) is 5.92. The summed E-state index contributed by atoms with van der Waals surface area (Å²) in [6.45, 7) is 2.53. The van der Waals surface area contributed by atoms with Gasteiger partial charge >= 0.3 is 0 Å². The maximum Gasteiger partial charge on any atom is 0.258 e. The molecule has 7 heteroatoms. The molecular formula is C22H22ClN3O2S. The summed E-state index contributed by atoms with van der Waals surface area (Å²) >= 11 is 7.77. The number of fused-ring (bicyclic) bond motifs is 1. The Hall–Kier alpha value is -2.44. The smallest absolute Gasteiger partial charge is 0.258 e. The number of pyridine rings is 1. The van der Waals surface area contributed by atoms with Crippen molar-refractivity contribution < 1.29 is 4.79 Å². The lowest BCUT2D eigenvalue weighted by Crippen LogP contribution is -2.22. The molecule has 4 rings (SSSR count). The summed E-state index contributed by atoms with van der Waals surface area (Å²) < 4.78 is 1.49. The molecule has 0 spiro atoms. The maximum absolute atomic E-state index is 12.7. The Kier molecular flexibility index (Phi) is 5.83. The number of halogens is 1. The van der Waals surface area contributed by atoms with Gasteiger partial charge in [0.2, 0.25) is 0 Å². The average molecular weight is 428 g/mol. The number of benzene rings is 1. The van der Waals surface area contributed by atoms with Crippen LogP contribution >= 0.6 is 22.9 Å². The third-order valence-corrected chi connectivity index (χ3v) is 6.79. The van der Waals surface area contributed by atoms with Crippen LogP contribution in [0.1, 0.15) is 46.3 Å². The predicted molar refractivity (Wildman–Crippen MR) is 117 cm³/mol. The maximum atomic E-state index is 12.7. The number of rotatable bonds is 5. The Morgan fingerprint density at radius 2 is 2.14 bits per heavy atom. The van der Waals surface area contributed by atoms with E-state index in [0.29, 0.717) is 28.2 Å². The van der Waals surface area contributed by atoms with E-state index >= 15 is 0 Å². The molecule has 0 saturated carbocycles. The van der Waals surface area contributed by atoms with Gasteiger partial charge in [-0.3, -0.25) is 14.9 Å². The molecule has 1 aliphatic rings. The Bertz CT molecular complexity index is 1110. The fourth-order valence-corrected chi connectivity index (χ4v) is 4.93. The Morgan fingerprint density at radius 3 is 2.93 bits per heavy atom. The molecule has 2 heterocycles. The van der Waals surface area contributed by atoms with Gasteiger partial charge in [-0.25, -0.2) is 4.98 Å². The molecule has 1 atom stereocenters. The van der Waals surface area contributed by atoms with E-state index in [1.165, 1.54) is 21.9 Å². The van der Waals surface area contributed by atoms with Crippen molar-refractivity contribution in [3.8, 4) is 0 Å². The van der Waals surface area contributed by atoms with Gasteiger partial charge in [-0.05, 0) is 42.9 Å². The SMILES string of the molecule is CCC1CCc2nc(NC(=O)c3ccc(=O)n(Cc4ccccc4Cl)c3)sc2C1. The minimum Gasteiger partial charge on any atom is -0.310 e. The number of hydrogen-bond donors (Lipinski definition) is 1. The number of nitrogens with zero attached hydrogens (tertiary/aromatic N) is 2. The highest BCUT2D eigenvalue weighted by atomic mass is 35.5. The first-order chi connectivity index (χ1) is 14.0. The molecule has 5 nitrogen and oxygen atoms in total. The van der Waals surface area contributed by atoms with E-state index in [0.717, 1.165) is 30.5 Å². The van der Waals surface area contributed by atoms with Crippen LogP contribution in [0, 0.1) is 5.92 Å². The third kappa shape index (κ3) is 4.43. The fraction of sp³-hybridized carbons (Fsp3) is 0.318. The van der Waals surface area contributed by atoms with Crippen LogP contribution in [0.15, 0.2) is 47.4 Å². The molecule has 150 valence electrons. The van der Waals surface area contributed by atoms with E-state index in [1.807, 2.05) is 18.2 Å². The topological polar surface area (TPSA) is 64.0 Å². The van der Waals surface area contributed by atoms with Gasteiger partial charge in [-0.2, -0.15) is 0 Å². The number of anilines is 1. The largest absolute Gasteiger partial charge is 0.310 e. The monoisotopic (exact) mass is 427 g/mol. The normalized spacial score (nSPS) is 15.7. The lowest BCUT2D eigenvalue weighted by Gasteiger charge is -2.18. The second kappa shape index (κ2) is 8.51. The predicted octanol–water partition coefficient (Wildman–Crippen LogP) is 4.77. The number of aryl methyl sites for hydroxylation is 1. The Balaban J connectivity index is 1.52. The van der Waals surface area contributed by atoms with Crippen molar-refractivity contribution in [2.75, 3.05) is 5.32 Å². The van der Waals surface area contributed by atoms with E-state index in [-0.39, 0.29) is 11.5 Å². The lowest BCUT2D eigenvalue weighted by atomic mass is 9.89. The summed E-state index contributed by atoms with van der Waals surface area (Å²) in [5.41, 5.74) is 2.17. The number of nitrogens with one attached hydrogen (secondary N) is 1. The van der Waals surface area contributed by atoms with E-state index in [9.17, 15) is 9.59 Å². The zero-order valence-electron chi connectivity index (χ0n) is 16.2. The van der Waals surface area contributed by atoms with Crippen LogP contribution in [-0.2, 0) is 19.4 Å². The van der Waals surface area contributed by atoms with Crippen LogP contribution in [0.3, 0.4) is 0 Å². The molecule has 2 aromatic heterocycles. The highest BCUT2D eigenvalue weighted by Gasteiger charge is 2.22. The van der Waals surface area contributed by atoms with Crippen LogP contribution in [0.4, 0.5) is 5.13 Å². The van der Waals surface area contributed by atoms with Crippen molar-refractivity contribution in [3.63, 3.8) is 0 Å². The number of hydrogen-bond acceptors (Lipinski definition) is 4. The first-order valence-electron chi connectivity index (χ1n) is 9.77. The van der Waals surface area contributed by atoms with Gasteiger partial charge in [0.15, 0.2) is 5.13 Å². The van der Waals surface area contributed by atoms with Crippen molar-refractivity contribution in [2.45, 2.75) is 39.2 Å². The van der Waals surface area contributed by atoms with Gasteiger partial charge in [0, 0.05) is 22.2 Å². The number of aromatic nitrogens is 2. The van der Waals surface area contributed by atoms with Crippen LogP contribution in [-0.4, -0.2) is 15.5 Å². The van der Waals surface area contributed by atoms with Gasteiger partial charge in [0.1, 0.15) is 0 Å². The lowest BCUT2D eigenvalue weighted by molar-refractivity contribution is 0.102. The van der Waals surface area contributed by atoms with Gasteiger partial charge in [-0.1, -0.05) is 43.1 Å². The molecule has 1 amide bonds. The molecule has 1 N–H and O–H groups in total. The molecule has 29 heavy (non-hydrogen) atoms. The zero-order chi connectivity index (χ0) is 20.4. The summed E-state index contributed by atoms with van der Waals surface area (Å²) in [7, 11) is 0. The van der Waals surface area contributed by atoms with E-state index in [1.54, 1.807) is 29.7 Å². The summed E-state index contributed by atoms with van der Waals surface area (Å²) in [5, 5.41) is 4.11. The van der Waals surface area contributed by atoms with E-state index in [2.05, 4.69) is 17.2 Å². The molecule has 3 aromatic rings. The highest BCUT2D eigenvalue weighted by molar-refractivity contribution is 7.15. The molecule has 1 unspecified atom stereocenters. The average Bonchev–Trinajstić information content (AvgIpc) is 3.12. The molecule has 1 aromatic carbocycles. The second-order valence-electron chi connectivity index (χ2n) is 7.34. The molecule has 0 radical (unpaired) electrons. The van der Waals surface area contributed by atoms with Crippen molar-refractivity contribution in [2.24, 2.45) is 5.92 Å². The quantitative estimate of drug-likeness (QED) is 0.637. The van der Waals surface area contributed by atoms with Gasteiger partial charge in [0.25, 0.3) is 11.5 Å². The summed E-state index contributed by atoms with van der Waals surface area (Å²) in [5.74, 6) is 0.441. The standard InChI is InChI=1S/C22H22ClN3O2S/c1-2-14-7-9-18-19(11-14)29-22(24-18)25-21(28)16-8-10-20(27)26(13-16)12-15-5-3-4-6-17(15)23/h3-6,8,10,13-14H,2,7,9,11-12H2,1H3,(H,24,25,28). The third-order valence-electron chi connectivity index (χ3n) is 5.38. The van der Waals surface area contributed by atoms with E-state index in [4.69, 9.17) is 11.6 Å². The Labute approximate surface area is 178 Å². The molecular weight excluding hydrogens is 406 g/mol. The summed E-state index contributed by atoms with van der Waals surface area (Å²) in [4.78, 5) is 30.9. The van der Waals surface area contributed by atoms with Gasteiger partial charge in [0.05, 0.1) is 17.8 Å². The first kappa shape index (κ1) is 19.9. The molecule has 0 aliphatic heterocycles.